The lowest BCUT2D eigenvalue weighted by Gasteiger charge is -2.22. The van der Waals surface area contributed by atoms with Crippen LogP contribution in [0.1, 0.15) is 29.6 Å². The fraction of sp³-hybridized carbons (Fsp3) is 0.500. The first kappa shape index (κ1) is 18.1. The molecule has 3 rings (SSSR count). The molecule has 23 heavy (non-hydrogen) atoms. The van der Waals surface area contributed by atoms with Gasteiger partial charge in [0.25, 0.3) is 5.91 Å². The van der Waals surface area contributed by atoms with Crippen LogP contribution in [0, 0.1) is 5.92 Å². The molecule has 1 saturated heterocycles. The van der Waals surface area contributed by atoms with Gasteiger partial charge in [0, 0.05) is 29.2 Å². The summed E-state index contributed by atoms with van der Waals surface area (Å²) in [6, 6.07) is 5.53. The van der Waals surface area contributed by atoms with Gasteiger partial charge < -0.3 is 16.0 Å². The number of hydrogen-bond acceptors (Lipinski definition) is 4. The van der Waals surface area contributed by atoms with Gasteiger partial charge in [-0.1, -0.05) is 0 Å². The maximum Gasteiger partial charge on any atom is 0.251 e. The standard InChI is InChI=1S/C16H21N3O2S.ClH/c20-15-5-7-22-14-4-3-12(8-13(14)19-15)16(21)18-10-11-2-1-6-17-9-11;/h3-4,8,11,17H,1-2,5-7,9-10H2,(H,18,21)(H,19,20);1H. The van der Waals surface area contributed by atoms with E-state index in [1.165, 1.54) is 6.42 Å². The first-order valence-electron chi connectivity index (χ1n) is 7.78. The number of halogens is 1. The molecule has 0 aliphatic carbocycles. The third-order valence-electron chi connectivity index (χ3n) is 4.05. The molecular formula is C16H22ClN3O2S. The minimum Gasteiger partial charge on any atom is -0.352 e. The number of hydrogen-bond donors (Lipinski definition) is 3. The second-order valence-corrected chi connectivity index (χ2v) is 6.92. The Morgan fingerprint density at radius 1 is 1.39 bits per heavy atom. The van der Waals surface area contributed by atoms with Crippen LogP contribution in [0.15, 0.2) is 23.1 Å². The third kappa shape index (κ3) is 4.86. The second-order valence-electron chi connectivity index (χ2n) is 5.78. The van der Waals surface area contributed by atoms with Crippen LogP contribution in [-0.4, -0.2) is 37.2 Å². The van der Waals surface area contributed by atoms with Gasteiger partial charge in [-0.3, -0.25) is 9.59 Å². The molecule has 126 valence electrons. The molecule has 1 aromatic rings. The summed E-state index contributed by atoms with van der Waals surface area (Å²) in [5, 5.41) is 9.23. The fourth-order valence-electron chi connectivity index (χ4n) is 2.80. The number of piperidine rings is 1. The summed E-state index contributed by atoms with van der Waals surface area (Å²) in [6.07, 6.45) is 2.84. The topological polar surface area (TPSA) is 70.2 Å². The predicted octanol–water partition coefficient (Wildman–Crippen LogP) is 2.27. The van der Waals surface area contributed by atoms with E-state index in [9.17, 15) is 9.59 Å². The molecule has 1 unspecified atom stereocenters. The Hall–Kier alpha value is -1.24. The van der Waals surface area contributed by atoms with Gasteiger partial charge in [-0.25, -0.2) is 0 Å². The van der Waals surface area contributed by atoms with E-state index in [1.807, 2.05) is 12.1 Å². The van der Waals surface area contributed by atoms with Crippen molar-refractivity contribution in [3.63, 3.8) is 0 Å². The number of benzene rings is 1. The van der Waals surface area contributed by atoms with E-state index in [4.69, 9.17) is 0 Å². The van der Waals surface area contributed by atoms with Gasteiger partial charge in [0.05, 0.1) is 5.69 Å². The summed E-state index contributed by atoms with van der Waals surface area (Å²) in [7, 11) is 0. The molecule has 2 amide bonds. The molecule has 1 fully saturated rings. The van der Waals surface area contributed by atoms with E-state index in [0.717, 1.165) is 35.8 Å². The summed E-state index contributed by atoms with van der Waals surface area (Å²) >= 11 is 1.65. The highest BCUT2D eigenvalue weighted by Gasteiger charge is 2.17. The predicted molar refractivity (Wildman–Crippen MR) is 95.6 cm³/mol. The Morgan fingerprint density at radius 3 is 3.04 bits per heavy atom. The molecule has 2 aliphatic rings. The zero-order chi connectivity index (χ0) is 15.4. The van der Waals surface area contributed by atoms with Crippen molar-refractivity contribution in [2.75, 3.05) is 30.7 Å². The van der Waals surface area contributed by atoms with Crippen molar-refractivity contribution in [3.05, 3.63) is 23.8 Å². The Morgan fingerprint density at radius 2 is 2.26 bits per heavy atom. The Labute approximate surface area is 146 Å². The highest BCUT2D eigenvalue weighted by molar-refractivity contribution is 7.99. The van der Waals surface area contributed by atoms with Gasteiger partial charge in [-0.05, 0) is 50.0 Å². The molecular weight excluding hydrogens is 334 g/mol. The largest absolute Gasteiger partial charge is 0.352 e. The van der Waals surface area contributed by atoms with E-state index < -0.39 is 0 Å². The lowest BCUT2D eigenvalue weighted by Crippen LogP contribution is -2.38. The summed E-state index contributed by atoms with van der Waals surface area (Å²) in [6.45, 7) is 2.74. The summed E-state index contributed by atoms with van der Waals surface area (Å²) in [5.41, 5.74) is 1.35. The molecule has 5 nitrogen and oxygen atoms in total. The van der Waals surface area contributed by atoms with Crippen LogP contribution in [0.4, 0.5) is 5.69 Å². The molecule has 0 bridgehead atoms. The quantitative estimate of drug-likeness (QED) is 0.778. The van der Waals surface area contributed by atoms with E-state index in [2.05, 4.69) is 16.0 Å². The SMILES string of the molecule is Cl.O=C1CCSc2ccc(C(=O)NCC3CCCNC3)cc2N1. The van der Waals surface area contributed by atoms with Crippen molar-refractivity contribution < 1.29 is 9.59 Å². The molecule has 1 atom stereocenters. The van der Waals surface area contributed by atoms with E-state index >= 15 is 0 Å². The normalized spacial score (nSPS) is 20.5. The summed E-state index contributed by atoms with van der Waals surface area (Å²) < 4.78 is 0. The highest BCUT2D eigenvalue weighted by atomic mass is 35.5. The van der Waals surface area contributed by atoms with Crippen molar-refractivity contribution in [2.45, 2.75) is 24.2 Å². The van der Waals surface area contributed by atoms with Gasteiger partial charge in [-0.15, -0.1) is 24.2 Å². The lowest BCUT2D eigenvalue weighted by atomic mass is 9.99. The smallest absolute Gasteiger partial charge is 0.251 e. The van der Waals surface area contributed by atoms with Crippen LogP contribution < -0.4 is 16.0 Å². The third-order valence-corrected chi connectivity index (χ3v) is 5.13. The minimum absolute atomic E-state index is 0. The molecule has 3 N–H and O–H groups in total. The van der Waals surface area contributed by atoms with Crippen molar-refractivity contribution >= 4 is 41.7 Å². The number of amides is 2. The van der Waals surface area contributed by atoms with Gasteiger partial charge in [0.2, 0.25) is 5.91 Å². The van der Waals surface area contributed by atoms with Gasteiger partial charge in [0.15, 0.2) is 0 Å². The fourth-order valence-corrected chi connectivity index (χ4v) is 3.74. The molecule has 0 spiro atoms. The molecule has 0 radical (unpaired) electrons. The molecule has 1 aromatic carbocycles. The van der Waals surface area contributed by atoms with Crippen LogP contribution in [0.3, 0.4) is 0 Å². The summed E-state index contributed by atoms with van der Waals surface area (Å²) in [4.78, 5) is 24.9. The van der Waals surface area contributed by atoms with Crippen LogP contribution in [0.25, 0.3) is 0 Å². The Balaban J connectivity index is 0.00000192. The maximum absolute atomic E-state index is 12.3. The number of nitrogens with one attached hydrogen (secondary N) is 3. The number of thioether (sulfide) groups is 1. The molecule has 0 aromatic heterocycles. The van der Waals surface area contributed by atoms with Crippen molar-refractivity contribution in [1.82, 2.24) is 10.6 Å². The van der Waals surface area contributed by atoms with E-state index in [0.29, 0.717) is 24.4 Å². The van der Waals surface area contributed by atoms with E-state index in [1.54, 1.807) is 17.8 Å². The average molecular weight is 356 g/mol. The van der Waals surface area contributed by atoms with Gasteiger partial charge in [-0.2, -0.15) is 0 Å². The number of carbonyl (C=O) groups is 2. The first-order chi connectivity index (χ1) is 10.7. The van der Waals surface area contributed by atoms with Crippen LogP contribution >= 0.6 is 24.2 Å². The number of anilines is 1. The first-order valence-corrected chi connectivity index (χ1v) is 8.76. The molecule has 2 heterocycles. The minimum atomic E-state index is -0.0723. The van der Waals surface area contributed by atoms with Crippen molar-refractivity contribution in [2.24, 2.45) is 5.92 Å². The molecule has 7 heteroatoms. The van der Waals surface area contributed by atoms with Gasteiger partial charge >= 0.3 is 0 Å². The number of fused-ring (bicyclic) bond motifs is 1. The maximum atomic E-state index is 12.3. The zero-order valence-corrected chi connectivity index (χ0v) is 14.5. The van der Waals surface area contributed by atoms with Crippen LogP contribution in [-0.2, 0) is 4.79 Å². The van der Waals surface area contributed by atoms with E-state index in [-0.39, 0.29) is 24.2 Å². The zero-order valence-electron chi connectivity index (χ0n) is 12.9. The second kappa shape index (κ2) is 8.57. The van der Waals surface area contributed by atoms with Gasteiger partial charge in [0.1, 0.15) is 0 Å². The lowest BCUT2D eigenvalue weighted by molar-refractivity contribution is -0.115. The van der Waals surface area contributed by atoms with Crippen LogP contribution in [0.2, 0.25) is 0 Å². The van der Waals surface area contributed by atoms with Crippen molar-refractivity contribution in [1.29, 1.82) is 0 Å². The molecule has 0 saturated carbocycles. The summed E-state index contributed by atoms with van der Waals surface area (Å²) in [5.74, 6) is 1.22. The number of rotatable bonds is 3. The average Bonchev–Trinajstić information content (AvgIpc) is 2.73. The number of carbonyl (C=O) groups excluding carboxylic acids is 2. The Kier molecular flexibility index (Phi) is 6.74. The monoisotopic (exact) mass is 355 g/mol. The van der Waals surface area contributed by atoms with Crippen LogP contribution in [0.5, 0.6) is 0 Å². The Bertz CT molecular complexity index is 576. The molecule has 2 aliphatic heterocycles. The van der Waals surface area contributed by atoms with Crippen molar-refractivity contribution in [3.8, 4) is 0 Å². The highest BCUT2D eigenvalue weighted by Crippen LogP contribution is 2.31.